The molecular formula is C23H19FN2O2S. The molecule has 2 N–H and O–H groups in total. The molecule has 0 bridgehead atoms. The normalized spacial score (nSPS) is 11.1. The van der Waals surface area contributed by atoms with Crippen LogP contribution < -0.4 is 5.73 Å². The molecule has 2 heterocycles. The number of para-hydroxylation sites is 1. The number of benzene rings is 2. The maximum atomic E-state index is 13.9. The number of fused-ring (bicyclic) bond motifs is 1. The lowest BCUT2D eigenvalue weighted by Gasteiger charge is -2.04. The van der Waals surface area contributed by atoms with Crippen LogP contribution in [-0.2, 0) is 17.6 Å². The second-order valence-electron chi connectivity index (χ2n) is 7.07. The van der Waals surface area contributed by atoms with E-state index in [4.69, 9.17) is 5.73 Å². The highest BCUT2D eigenvalue weighted by Crippen LogP contribution is 2.32. The van der Waals surface area contributed by atoms with E-state index in [2.05, 4.69) is 0 Å². The Bertz CT molecular complexity index is 1240. The van der Waals surface area contributed by atoms with Crippen LogP contribution in [0.5, 0.6) is 0 Å². The molecule has 0 saturated carbocycles. The molecule has 0 radical (unpaired) electrons. The second-order valence-corrected chi connectivity index (χ2v) is 7.98. The third-order valence-corrected chi connectivity index (χ3v) is 5.83. The summed E-state index contributed by atoms with van der Waals surface area (Å²) in [5, 5.41) is 2.81. The van der Waals surface area contributed by atoms with E-state index in [0.29, 0.717) is 11.3 Å². The fraction of sp³-hybridized carbons (Fsp3) is 0.130. The molecule has 0 atom stereocenters. The Labute approximate surface area is 171 Å². The molecule has 146 valence electrons. The van der Waals surface area contributed by atoms with Gasteiger partial charge in [-0.1, -0.05) is 35.9 Å². The van der Waals surface area contributed by atoms with Gasteiger partial charge in [0, 0.05) is 18.2 Å². The van der Waals surface area contributed by atoms with Gasteiger partial charge in [-0.05, 0) is 47.7 Å². The molecule has 0 spiro atoms. The average molecular weight is 406 g/mol. The minimum absolute atomic E-state index is 0.0558. The fourth-order valence-corrected chi connectivity index (χ4v) is 4.44. The summed E-state index contributed by atoms with van der Waals surface area (Å²) in [5.41, 5.74) is 9.22. The molecule has 0 saturated heterocycles. The maximum absolute atomic E-state index is 13.9. The van der Waals surface area contributed by atoms with E-state index in [-0.39, 0.29) is 24.4 Å². The third-order valence-electron chi connectivity index (χ3n) is 4.83. The number of hydrogen-bond acceptors (Lipinski definition) is 3. The Kier molecular flexibility index (Phi) is 5.03. The highest BCUT2D eigenvalue weighted by Gasteiger charge is 2.17. The molecule has 29 heavy (non-hydrogen) atoms. The summed E-state index contributed by atoms with van der Waals surface area (Å²) in [5.74, 6) is -0.421. The highest BCUT2D eigenvalue weighted by molar-refractivity contribution is 7.13. The van der Waals surface area contributed by atoms with Crippen LogP contribution in [0.3, 0.4) is 0 Å². The lowest BCUT2D eigenvalue weighted by atomic mass is 10.0. The van der Waals surface area contributed by atoms with Gasteiger partial charge >= 0.3 is 6.03 Å². The van der Waals surface area contributed by atoms with Gasteiger partial charge in [-0.25, -0.2) is 9.18 Å². The van der Waals surface area contributed by atoms with Crippen molar-refractivity contribution in [2.75, 3.05) is 0 Å². The van der Waals surface area contributed by atoms with Gasteiger partial charge in [-0.3, -0.25) is 9.36 Å². The van der Waals surface area contributed by atoms with Crippen LogP contribution in [0.1, 0.15) is 16.7 Å². The largest absolute Gasteiger partial charge is 0.351 e. The number of rotatable bonds is 5. The Morgan fingerprint density at radius 3 is 2.66 bits per heavy atom. The number of aryl methyl sites for hydroxylation is 1. The molecule has 2 aromatic heterocycles. The number of amides is 1. The summed E-state index contributed by atoms with van der Waals surface area (Å²) in [6.07, 6.45) is 0.265. The summed E-state index contributed by atoms with van der Waals surface area (Å²) in [6, 6.07) is 15.6. The molecule has 2 aromatic carbocycles. The minimum Gasteiger partial charge on any atom is -0.351 e. The number of Topliss-reactive ketones (excluding diaryl/α,β-unsaturated/α-hetero) is 1. The van der Waals surface area contributed by atoms with Gasteiger partial charge in [0.2, 0.25) is 0 Å². The van der Waals surface area contributed by atoms with E-state index in [1.165, 1.54) is 22.0 Å². The number of thiophene rings is 1. The van der Waals surface area contributed by atoms with Crippen molar-refractivity contribution in [2.24, 2.45) is 5.73 Å². The van der Waals surface area contributed by atoms with Crippen molar-refractivity contribution >= 4 is 34.1 Å². The van der Waals surface area contributed by atoms with Crippen LogP contribution in [0.15, 0.2) is 60.0 Å². The molecule has 0 unspecified atom stereocenters. The molecule has 0 aliphatic rings. The SMILES string of the molecule is Cc1ccc(F)c(CC(=O)Cc2csc(-c3cc4ccccc4n3C(N)=O)c2)c1. The maximum Gasteiger partial charge on any atom is 0.323 e. The summed E-state index contributed by atoms with van der Waals surface area (Å²) in [6.45, 7) is 1.87. The first-order chi connectivity index (χ1) is 13.9. The topological polar surface area (TPSA) is 65.1 Å². The first kappa shape index (κ1) is 19.1. The van der Waals surface area contributed by atoms with Gasteiger partial charge in [0.05, 0.1) is 16.1 Å². The van der Waals surface area contributed by atoms with E-state index in [1.807, 2.05) is 48.7 Å². The number of nitrogens with zero attached hydrogens (tertiary/aromatic N) is 1. The number of carbonyl (C=O) groups excluding carboxylic acids is 2. The van der Waals surface area contributed by atoms with Crippen molar-refractivity contribution in [2.45, 2.75) is 19.8 Å². The van der Waals surface area contributed by atoms with Crippen molar-refractivity contribution in [3.05, 3.63) is 82.5 Å². The molecule has 6 heteroatoms. The summed E-state index contributed by atoms with van der Waals surface area (Å²) in [7, 11) is 0. The lowest BCUT2D eigenvalue weighted by Crippen LogP contribution is -2.19. The Morgan fingerprint density at radius 2 is 1.86 bits per heavy atom. The van der Waals surface area contributed by atoms with E-state index in [0.717, 1.165) is 26.9 Å². The predicted molar refractivity (Wildman–Crippen MR) is 114 cm³/mol. The number of ketones is 1. The van der Waals surface area contributed by atoms with E-state index < -0.39 is 6.03 Å². The molecule has 0 aliphatic heterocycles. The summed E-state index contributed by atoms with van der Waals surface area (Å²) < 4.78 is 15.4. The van der Waals surface area contributed by atoms with Crippen molar-refractivity contribution in [3.63, 3.8) is 0 Å². The minimum atomic E-state index is -0.554. The average Bonchev–Trinajstić information content (AvgIpc) is 3.28. The number of carbonyl (C=O) groups is 2. The number of halogens is 1. The van der Waals surface area contributed by atoms with Crippen LogP contribution >= 0.6 is 11.3 Å². The van der Waals surface area contributed by atoms with Gasteiger partial charge < -0.3 is 5.73 Å². The van der Waals surface area contributed by atoms with Crippen molar-refractivity contribution in [1.82, 2.24) is 4.57 Å². The van der Waals surface area contributed by atoms with Crippen LogP contribution in [-0.4, -0.2) is 16.4 Å². The molecular weight excluding hydrogens is 387 g/mol. The number of nitrogens with two attached hydrogens (primary N) is 1. The van der Waals surface area contributed by atoms with E-state index in [9.17, 15) is 14.0 Å². The molecule has 1 amide bonds. The van der Waals surface area contributed by atoms with Crippen LogP contribution in [0, 0.1) is 12.7 Å². The van der Waals surface area contributed by atoms with Crippen LogP contribution in [0.2, 0.25) is 0 Å². The zero-order valence-corrected chi connectivity index (χ0v) is 16.6. The zero-order valence-electron chi connectivity index (χ0n) is 15.8. The van der Waals surface area contributed by atoms with Gasteiger partial charge in [0.25, 0.3) is 0 Å². The monoisotopic (exact) mass is 406 g/mol. The molecule has 4 nitrogen and oxygen atoms in total. The summed E-state index contributed by atoms with van der Waals surface area (Å²) >= 11 is 1.45. The van der Waals surface area contributed by atoms with Crippen LogP contribution in [0.25, 0.3) is 21.5 Å². The number of aromatic nitrogens is 1. The van der Waals surface area contributed by atoms with Gasteiger partial charge in [0.1, 0.15) is 11.6 Å². The van der Waals surface area contributed by atoms with Crippen LogP contribution in [0.4, 0.5) is 9.18 Å². The quantitative estimate of drug-likeness (QED) is 0.501. The zero-order chi connectivity index (χ0) is 20.5. The van der Waals surface area contributed by atoms with E-state index >= 15 is 0 Å². The standard InChI is InChI=1S/C23H19FN2O2S/c1-14-6-7-19(24)17(8-14)11-18(27)9-15-10-22(29-13-15)21-12-16-4-2-3-5-20(16)26(21)23(25)28/h2-8,10,12-13H,9,11H2,1H3,(H2,25,28). The number of hydrogen-bond donors (Lipinski definition) is 1. The Balaban J connectivity index is 1.58. The van der Waals surface area contributed by atoms with Crippen molar-refractivity contribution < 1.29 is 14.0 Å². The smallest absolute Gasteiger partial charge is 0.323 e. The van der Waals surface area contributed by atoms with Crippen molar-refractivity contribution in [3.8, 4) is 10.6 Å². The summed E-state index contributed by atoms with van der Waals surface area (Å²) in [4.78, 5) is 25.3. The first-order valence-electron chi connectivity index (χ1n) is 9.17. The molecule has 4 aromatic rings. The fourth-order valence-electron chi connectivity index (χ4n) is 3.52. The third kappa shape index (κ3) is 3.84. The van der Waals surface area contributed by atoms with Gasteiger partial charge in [-0.15, -0.1) is 11.3 Å². The number of primary amides is 1. The molecule has 4 rings (SSSR count). The second kappa shape index (κ2) is 7.64. The van der Waals surface area contributed by atoms with Gasteiger partial charge in [0.15, 0.2) is 0 Å². The van der Waals surface area contributed by atoms with E-state index in [1.54, 1.807) is 12.1 Å². The Morgan fingerprint density at radius 1 is 1.07 bits per heavy atom. The first-order valence-corrected chi connectivity index (χ1v) is 10.0. The Hall–Kier alpha value is -3.25. The van der Waals surface area contributed by atoms with Gasteiger partial charge in [-0.2, -0.15) is 0 Å². The molecule has 0 fully saturated rings. The highest BCUT2D eigenvalue weighted by atomic mass is 32.1. The predicted octanol–water partition coefficient (Wildman–Crippen LogP) is 5.10. The van der Waals surface area contributed by atoms with Crippen molar-refractivity contribution in [1.29, 1.82) is 0 Å². The molecule has 0 aliphatic carbocycles. The lowest BCUT2D eigenvalue weighted by molar-refractivity contribution is -0.117.